The van der Waals surface area contributed by atoms with E-state index in [1.54, 1.807) is 18.3 Å². The second kappa shape index (κ2) is 4.40. The molecule has 76 valence electrons. The van der Waals surface area contributed by atoms with Gasteiger partial charge in [-0.15, -0.1) is 0 Å². The highest BCUT2D eigenvalue weighted by molar-refractivity contribution is 9.10. The summed E-state index contributed by atoms with van der Waals surface area (Å²) in [5, 5.41) is 3.00. The third-order valence-electron chi connectivity index (χ3n) is 1.82. The van der Waals surface area contributed by atoms with Crippen molar-refractivity contribution in [1.82, 2.24) is 4.98 Å². The first-order valence-electron chi connectivity index (χ1n) is 4.38. The highest BCUT2D eigenvalue weighted by Crippen LogP contribution is 2.16. The number of halogens is 2. The molecule has 1 heterocycles. The Morgan fingerprint density at radius 3 is 2.73 bits per heavy atom. The molecule has 0 saturated carbocycles. The van der Waals surface area contributed by atoms with Crippen LogP contribution in [0.5, 0.6) is 0 Å². The summed E-state index contributed by atoms with van der Waals surface area (Å²) >= 11 is 3.29. The van der Waals surface area contributed by atoms with Gasteiger partial charge in [0, 0.05) is 16.4 Å². The van der Waals surface area contributed by atoms with Crippen molar-refractivity contribution in [3.63, 3.8) is 0 Å². The SMILES string of the molecule is Fc1cccc(Nc2ccc(Br)cn2)c1. The van der Waals surface area contributed by atoms with E-state index >= 15 is 0 Å². The zero-order valence-electron chi connectivity index (χ0n) is 7.74. The second-order valence-corrected chi connectivity index (χ2v) is 3.91. The van der Waals surface area contributed by atoms with E-state index in [0.29, 0.717) is 11.5 Å². The number of nitrogens with zero attached hydrogens (tertiary/aromatic N) is 1. The van der Waals surface area contributed by atoms with Gasteiger partial charge in [-0.3, -0.25) is 0 Å². The van der Waals surface area contributed by atoms with Crippen LogP contribution in [0, 0.1) is 5.82 Å². The summed E-state index contributed by atoms with van der Waals surface area (Å²) in [7, 11) is 0. The monoisotopic (exact) mass is 266 g/mol. The van der Waals surface area contributed by atoms with Crippen molar-refractivity contribution in [2.24, 2.45) is 0 Å². The lowest BCUT2D eigenvalue weighted by Crippen LogP contribution is -1.92. The lowest BCUT2D eigenvalue weighted by atomic mass is 10.3. The lowest BCUT2D eigenvalue weighted by molar-refractivity contribution is 0.628. The minimum absolute atomic E-state index is 0.267. The summed E-state index contributed by atoms with van der Waals surface area (Å²) < 4.78 is 13.8. The van der Waals surface area contributed by atoms with Crippen molar-refractivity contribution in [1.29, 1.82) is 0 Å². The van der Waals surface area contributed by atoms with Crippen LogP contribution in [0.25, 0.3) is 0 Å². The molecule has 0 atom stereocenters. The highest BCUT2D eigenvalue weighted by Gasteiger charge is 1.96. The summed E-state index contributed by atoms with van der Waals surface area (Å²) in [4.78, 5) is 4.12. The van der Waals surface area contributed by atoms with Crippen LogP contribution in [-0.4, -0.2) is 4.98 Å². The average molecular weight is 267 g/mol. The standard InChI is InChI=1S/C11H8BrFN2/c12-8-4-5-11(14-7-8)15-10-3-1-2-9(13)6-10/h1-7H,(H,14,15). The maximum absolute atomic E-state index is 12.9. The van der Waals surface area contributed by atoms with E-state index in [0.717, 1.165) is 4.47 Å². The van der Waals surface area contributed by atoms with Gasteiger partial charge in [0.2, 0.25) is 0 Å². The molecule has 0 unspecified atom stereocenters. The summed E-state index contributed by atoms with van der Waals surface area (Å²) in [5.74, 6) is 0.418. The largest absolute Gasteiger partial charge is 0.340 e. The number of benzene rings is 1. The topological polar surface area (TPSA) is 24.9 Å². The molecule has 15 heavy (non-hydrogen) atoms. The molecule has 1 N–H and O–H groups in total. The van der Waals surface area contributed by atoms with Crippen LogP contribution >= 0.6 is 15.9 Å². The minimum atomic E-state index is -0.267. The molecular formula is C11H8BrFN2. The van der Waals surface area contributed by atoms with E-state index in [4.69, 9.17) is 0 Å². The fourth-order valence-corrected chi connectivity index (χ4v) is 1.40. The molecule has 0 amide bonds. The summed E-state index contributed by atoms with van der Waals surface area (Å²) in [6.45, 7) is 0. The van der Waals surface area contributed by atoms with Crippen molar-refractivity contribution >= 4 is 27.4 Å². The molecule has 0 aliphatic rings. The first-order valence-corrected chi connectivity index (χ1v) is 5.17. The van der Waals surface area contributed by atoms with Crippen molar-refractivity contribution < 1.29 is 4.39 Å². The third-order valence-corrected chi connectivity index (χ3v) is 2.29. The lowest BCUT2D eigenvalue weighted by Gasteiger charge is -2.04. The van der Waals surface area contributed by atoms with Crippen molar-refractivity contribution in [3.05, 3.63) is 52.9 Å². The summed E-state index contributed by atoms with van der Waals surface area (Å²) in [6.07, 6.45) is 1.68. The maximum atomic E-state index is 12.9. The van der Waals surface area contributed by atoms with Gasteiger partial charge in [-0.05, 0) is 46.3 Å². The molecule has 2 nitrogen and oxygen atoms in total. The van der Waals surface area contributed by atoms with Gasteiger partial charge in [-0.25, -0.2) is 9.37 Å². The van der Waals surface area contributed by atoms with Crippen LogP contribution in [0.3, 0.4) is 0 Å². The summed E-state index contributed by atoms with van der Waals surface area (Å²) in [6, 6.07) is 9.94. The van der Waals surface area contributed by atoms with Gasteiger partial charge < -0.3 is 5.32 Å². The van der Waals surface area contributed by atoms with Gasteiger partial charge in [-0.2, -0.15) is 0 Å². The smallest absolute Gasteiger partial charge is 0.130 e. The Hall–Kier alpha value is -1.42. The molecule has 0 aliphatic carbocycles. The van der Waals surface area contributed by atoms with E-state index in [2.05, 4.69) is 26.2 Å². The van der Waals surface area contributed by atoms with Crippen LogP contribution in [0.15, 0.2) is 47.1 Å². The van der Waals surface area contributed by atoms with E-state index in [1.165, 1.54) is 12.1 Å². The number of hydrogen-bond acceptors (Lipinski definition) is 2. The minimum Gasteiger partial charge on any atom is -0.340 e. The number of aromatic nitrogens is 1. The van der Waals surface area contributed by atoms with Crippen LogP contribution < -0.4 is 5.32 Å². The average Bonchev–Trinajstić information content (AvgIpc) is 2.22. The van der Waals surface area contributed by atoms with Crippen molar-refractivity contribution in [2.45, 2.75) is 0 Å². The van der Waals surface area contributed by atoms with E-state index in [1.807, 2.05) is 12.1 Å². The Morgan fingerprint density at radius 1 is 1.20 bits per heavy atom. The molecule has 2 aromatic rings. The molecular weight excluding hydrogens is 259 g/mol. The number of anilines is 2. The van der Waals surface area contributed by atoms with E-state index in [9.17, 15) is 4.39 Å². The number of hydrogen-bond donors (Lipinski definition) is 1. The fourth-order valence-electron chi connectivity index (χ4n) is 1.16. The van der Waals surface area contributed by atoms with Crippen molar-refractivity contribution in [3.8, 4) is 0 Å². The predicted molar refractivity (Wildman–Crippen MR) is 61.6 cm³/mol. The van der Waals surface area contributed by atoms with Crippen molar-refractivity contribution in [2.75, 3.05) is 5.32 Å². The van der Waals surface area contributed by atoms with Gasteiger partial charge in [0.15, 0.2) is 0 Å². The molecule has 0 spiro atoms. The van der Waals surface area contributed by atoms with Gasteiger partial charge in [-0.1, -0.05) is 6.07 Å². The van der Waals surface area contributed by atoms with E-state index < -0.39 is 0 Å². The Labute approximate surface area is 95.3 Å². The normalized spacial score (nSPS) is 10.0. The molecule has 0 fully saturated rings. The molecule has 1 aromatic heterocycles. The summed E-state index contributed by atoms with van der Waals surface area (Å²) in [5.41, 5.74) is 0.685. The quantitative estimate of drug-likeness (QED) is 0.896. The van der Waals surface area contributed by atoms with Gasteiger partial charge >= 0.3 is 0 Å². The fraction of sp³-hybridized carbons (Fsp3) is 0. The third kappa shape index (κ3) is 2.76. The van der Waals surface area contributed by atoms with Gasteiger partial charge in [0.25, 0.3) is 0 Å². The molecule has 0 bridgehead atoms. The number of nitrogens with one attached hydrogen (secondary N) is 1. The predicted octanol–water partition coefficient (Wildman–Crippen LogP) is 3.73. The van der Waals surface area contributed by atoms with E-state index in [-0.39, 0.29) is 5.82 Å². The first-order chi connectivity index (χ1) is 7.24. The maximum Gasteiger partial charge on any atom is 0.130 e. The second-order valence-electron chi connectivity index (χ2n) is 3.00. The highest BCUT2D eigenvalue weighted by atomic mass is 79.9. The molecule has 0 radical (unpaired) electrons. The van der Waals surface area contributed by atoms with Gasteiger partial charge in [0.1, 0.15) is 11.6 Å². The number of pyridine rings is 1. The molecule has 1 aromatic carbocycles. The van der Waals surface area contributed by atoms with Crippen LogP contribution in [0.4, 0.5) is 15.9 Å². The van der Waals surface area contributed by atoms with Crippen LogP contribution in [0.1, 0.15) is 0 Å². The van der Waals surface area contributed by atoms with Gasteiger partial charge in [0.05, 0.1) is 0 Å². The molecule has 4 heteroatoms. The molecule has 0 aliphatic heterocycles. The first kappa shape index (κ1) is 10.1. The van der Waals surface area contributed by atoms with Crippen LogP contribution in [0.2, 0.25) is 0 Å². The Balaban J connectivity index is 2.18. The Morgan fingerprint density at radius 2 is 2.07 bits per heavy atom. The van der Waals surface area contributed by atoms with Crippen LogP contribution in [-0.2, 0) is 0 Å². The molecule has 0 saturated heterocycles. The zero-order chi connectivity index (χ0) is 10.7. The zero-order valence-corrected chi connectivity index (χ0v) is 9.33. The Kier molecular flexibility index (Phi) is 2.97. The number of rotatable bonds is 2. The Bertz CT molecular complexity index is 456. The molecule has 2 rings (SSSR count).